The van der Waals surface area contributed by atoms with Gasteiger partial charge >= 0.3 is 0 Å². The van der Waals surface area contributed by atoms with Gasteiger partial charge in [0.1, 0.15) is 11.5 Å². The molecule has 1 amide bonds. The number of carbonyl (C=O) groups is 1. The summed E-state index contributed by atoms with van der Waals surface area (Å²) in [6.07, 6.45) is 0. The number of amides is 1. The average molecular weight is 286 g/mol. The molecule has 1 unspecified atom stereocenters. The Hall–Kier alpha value is -2.23. The Labute approximate surface area is 125 Å². The first-order valence-corrected chi connectivity index (χ1v) is 7.10. The van der Waals surface area contributed by atoms with Crippen LogP contribution in [0.5, 0.6) is 0 Å². The first-order valence-electron chi connectivity index (χ1n) is 7.10. The molecule has 0 aliphatic carbocycles. The second-order valence-electron chi connectivity index (χ2n) is 5.35. The van der Waals surface area contributed by atoms with Crippen molar-refractivity contribution >= 4 is 11.6 Å². The molecule has 4 nitrogen and oxygen atoms in total. The van der Waals surface area contributed by atoms with Crippen LogP contribution in [-0.2, 0) is 11.3 Å². The van der Waals surface area contributed by atoms with E-state index >= 15 is 0 Å². The summed E-state index contributed by atoms with van der Waals surface area (Å²) in [5, 5.41) is 3.45. The van der Waals surface area contributed by atoms with Crippen molar-refractivity contribution in [3.63, 3.8) is 0 Å². The van der Waals surface area contributed by atoms with Crippen LogP contribution in [0.1, 0.15) is 37.0 Å². The molecular formula is C17H22N2O2. The Bertz CT molecular complexity index is 619. The highest BCUT2D eigenvalue weighted by Gasteiger charge is 2.12. The fourth-order valence-corrected chi connectivity index (χ4v) is 2.16. The molecule has 2 aromatic rings. The third-order valence-corrected chi connectivity index (χ3v) is 3.52. The summed E-state index contributed by atoms with van der Waals surface area (Å²) in [6, 6.07) is 12.0. The molecule has 112 valence electrons. The zero-order valence-corrected chi connectivity index (χ0v) is 13.0. The van der Waals surface area contributed by atoms with Crippen molar-refractivity contribution in [2.45, 2.75) is 33.4 Å². The Morgan fingerprint density at radius 3 is 2.62 bits per heavy atom. The van der Waals surface area contributed by atoms with E-state index in [1.165, 1.54) is 0 Å². The van der Waals surface area contributed by atoms with Gasteiger partial charge in [-0.15, -0.1) is 0 Å². The van der Waals surface area contributed by atoms with Gasteiger partial charge in [0.2, 0.25) is 5.91 Å². The maximum atomic E-state index is 11.4. The van der Waals surface area contributed by atoms with Gasteiger partial charge in [0.05, 0.1) is 6.04 Å². The van der Waals surface area contributed by atoms with E-state index in [9.17, 15) is 4.79 Å². The summed E-state index contributed by atoms with van der Waals surface area (Å²) in [6.45, 7) is 6.16. The van der Waals surface area contributed by atoms with Crippen LogP contribution in [0.2, 0.25) is 0 Å². The van der Waals surface area contributed by atoms with Crippen LogP contribution in [0.25, 0.3) is 0 Å². The lowest BCUT2D eigenvalue weighted by Gasteiger charge is -2.20. The molecule has 21 heavy (non-hydrogen) atoms. The molecule has 1 aromatic heterocycles. The number of aryl methyl sites for hydroxylation is 1. The number of carbonyl (C=O) groups excluding carboxylic acids is 1. The summed E-state index contributed by atoms with van der Waals surface area (Å²) in [4.78, 5) is 13.1. The molecule has 1 atom stereocenters. The van der Waals surface area contributed by atoms with E-state index in [4.69, 9.17) is 4.42 Å². The highest BCUT2D eigenvalue weighted by atomic mass is 16.3. The number of rotatable bonds is 5. The topological polar surface area (TPSA) is 45.5 Å². The number of hydrogen-bond acceptors (Lipinski definition) is 3. The third kappa shape index (κ3) is 3.88. The standard InChI is InChI=1S/C17H22N2O2/c1-12-9-10-17(21-12)13(2)18-16-8-6-5-7-15(16)11-19(4)14(3)20/h5-10,13,18H,11H2,1-4H3. The van der Waals surface area contributed by atoms with Crippen LogP contribution < -0.4 is 5.32 Å². The molecule has 0 bridgehead atoms. The Morgan fingerprint density at radius 2 is 2.00 bits per heavy atom. The molecule has 0 saturated carbocycles. The van der Waals surface area contributed by atoms with Gasteiger partial charge in [-0.3, -0.25) is 4.79 Å². The largest absolute Gasteiger partial charge is 0.464 e. The highest BCUT2D eigenvalue weighted by Crippen LogP contribution is 2.24. The SMILES string of the molecule is CC(=O)N(C)Cc1ccccc1NC(C)c1ccc(C)o1. The smallest absolute Gasteiger partial charge is 0.219 e. The second-order valence-corrected chi connectivity index (χ2v) is 5.35. The van der Waals surface area contributed by atoms with E-state index < -0.39 is 0 Å². The van der Waals surface area contributed by atoms with Crippen molar-refractivity contribution in [3.05, 3.63) is 53.5 Å². The fraction of sp³-hybridized carbons (Fsp3) is 0.353. The number of nitrogens with zero attached hydrogens (tertiary/aromatic N) is 1. The summed E-state index contributed by atoms with van der Waals surface area (Å²) >= 11 is 0. The minimum absolute atomic E-state index is 0.0551. The van der Waals surface area contributed by atoms with E-state index in [0.717, 1.165) is 22.8 Å². The molecular weight excluding hydrogens is 264 g/mol. The molecule has 0 saturated heterocycles. The van der Waals surface area contributed by atoms with Crippen LogP contribution in [-0.4, -0.2) is 17.9 Å². The number of hydrogen-bond donors (Lipinski definition) is 1. The summed E-state index contributed by atoms with van der Waals surface area (Å²) in [5.74, 6) is 1.87. The van der Waals surface area contributed by atoms with E-state index in [2.05, 4.69) is 12.2 Å². The Balaban J connectivity index is 2.14. The first-order chi connectivity index (χ1) is 9.97. The van der Waals surface area contributed by atoms with Gasteiger partial charge in [-0.25, -0.2) is 0 Å². The fourth-order valence-electron chi connectivity index (χ4n) is 2.16. The molecule has 1 N–H and O–H groups in total. The van der Waals surface area contributed by atoms with Gasteiger partial charge in [0, 0.05) is 26.2 Å². The quantitative estimate of drug-likeness (QED) is 0.910. The molecule has 1 aromatic carbocycles. The van der Waals surface area contributed by atoms with Gasteiger partial charge in [0.15, 0.2) is 0 Å². The molecule has 0 aliphatic heterocycles. The van der Waals surface area contributed by atoms with E-state index in [-0.39, 0.29) is 11.9 Å². The first kappa shape index (κ1) is 15.2. The Kier molecular flexibility index (Phi) is 4.68. The zero-order chi connectivity index (χ0) is 15.4. The van der Waals surface area contributed by atoms with Crippen LogP contribution in [0.15, 0.2) is 40.8 Å². The second kappa shape index (κ2) is 6.48. The Morgan fingerprint density at radius 1 is 1.29 bits per heavy atom. The lowest BCUT2D eigenvalue weighted by Crippen LogP contribution is -2.23. The minimum atomic E-state index is 0.0551. The van der Waals surface area contributed by atoms with Crippen molar-refractivity contribution in [2.24, 2.45) is 0 Å². The monoisotopic (exact) mass is 286 g/mol. The van der Waals surface area contributed by atoms with Crippen molar-refractivity contribution < 1.29 is 9.21 Å². The van der Waals surface area contributed by atoms with Gasteiger partial charge < -0.3 is 14.6 Å². The molecule has 1 heterocycles. The predicted molar refractivity (Wildman–Crippen MR) is 84.1 cm³/mol. The van der Waals surface area contributed by atoms with Crippen LogP contribution in [0.3, 0.4) is 0 Å². The third-order valence-electron chi connectivity index (χ3n) is 3.52. The number of nitrogens with one attached hydrogen (secondary N) is 1. The van der Waals surface area contributed by atoms with Crippen LogP contribution in [0, 0.1) is 6.92 Å². The van der Waals surface area contributed by atoms with E-state index in [1.54, 1.807) is 18.9 Å². The summed E-state index contributed by atoms with van der Waals surface area (Å²) in [5.41, 5.74) is 2.11. The van der Waals surface area contributed by atoms with Crippen molar-refractivity contribution in [2.75, 3.05) is 12.4 Å². The van der Waals surface area contributed by atoms with Crippen molar-refractivity contribution in [1.82, 2.24) is 4.90 Å². The maximum absolute atomic E-state index is 11.4. The van der Waals surface area contributed by atoms with Crippen LogP contribution in [0.4, 0.5) is 5.69 Å². The van der Waals surface area contributed by atoms with Crippen molar-refractivity contribution in [3.8, 4) is 0 Å². The number of anilines is 1. The lowest BCUT2D eigenvalue weighted by atomic mass is 10.1. The maximum Gasteiger partial charge on any atom is 0.219 e. The van der Waals surface area contributed by atoms with Gasteiger partial charge in [0.25, 0.3) is 0 Å². The van der Waals surface area contributed by atoms with Gasteiger partial charge in [-0.05, 0) is 37.6 Å². The summed E-state index contributed by atoms with van der Waals surface area (Å²) in [7, 11) is 1.80. The summed E-state index contributed by atoms with van der Waals surface area (Å²) < 4.78 is 5.65. The number of para-hydroxylation sites is 1. The number of furan rings is 1. The molecule has 0 fully saturated rings. The van der Waals surface area contributed by atoms with E-state index in [0.29, 0.717) is 6.54 Å². The molecule has 2 rings (SSSR count). The number of benzene rings is 1. The molecule has 0 aliphatic rings. The van der Waals surface area contributed by atoms with Crippen LogP contribution >= 0.6 is 0 Å². The van der Waals surface area contributed by atoms with Gasteiger partial charge in [-0.1, -0.05) is 18.2 Å². The average Bonchev–Trinajstić information content (AvgIpc) is 2.87. The molecule has 0 spiro atoms. The lowest BCUT2D eigenvalue weighted by molar-refractivity contribution is -0.128. The van der Waals surface area contributed by atoms with Crippen molar-refractivity contribution in [1.29, 1.82) is 0 Å². The van der Waals surface area contributed by atoms with Gasteiger partial charge in [-0.2, -0.15) is 0 Å². The minimum Gasteiger partial charge on any atom is -0.464 e. The normalized spacial score (nSPS) is 12.0. The van der Waals surface area contributed by atoms with E-state index in [1.807, 2.05) is 43.3 Å². The predicted octanol–water partition coefficient (Wildman–Crippen LogP) is 3.74. The molecule has 4 heteroatoms. The highest BCUT2D eigenvalue weighted by molar-refractivity contribution is 5.73. The molecule has 0 radical (unpaired) electrons. The zero-order valence-electron chi connectivity index (χ0n) is 13.0.